The third-order valence-electron chi connectivity index (χ3n) is 3.53. The van der Waals surface area contributed by atoms with Gasteiger partial charge < -0.3 is 4.74 Å². The number of hydrogen-bond donors (Lipinski definition) is 0. The van der Waals surface area contributed by atoms with Crippen molar-refractivity contribution in [1.29, 1.82) is 0 Å². The number of aromatic nitrogens is 4. The highest BCUT2D eigenvalue weighted by Gasteiger charge is 2.16. The van der Waals surface area contributed by atoms with E-state index in [0.29, 0.717) is 11.7 Å². The molecule has 134 valence electrons. The number of rotatable bonds is 7. The second kappa shape index (κ2) is 8.62. The predicted molar refractivity (Wildman–Crippen MR) is 101 cm³/mol. The first-order valence-electron chi connectivity index (χ1n) is 8.33. The van der Waals surface area contributed by atoms with Gasteiger partial charge in [0.15, 0.2) is 11.0 Å². The number of ether oxygens (including phenoxy) is 1. The Balaban J connectivity index is 1.86. The van der Waals surface area contributed by atoms with Crippen LogP contribution in [0.15, 0.2) is 60.0 Å². The van der Waals surface area contributed by atoms with Crippen LogP contribution in [0.2, 0.25) is 0 Å². The van der Waals surface area contributed by atoms with Crippen molar-refractivity contribution in [3.63, 3.8) is 0 Å². The molecule has 7 heteroatoms. The first kappa shape index (κ1) is 18.1. The van der Waals surface area contributed by atoms with Crippen molar-refractivity contribution in [3.05, 3.63) is 60.4 Å². The molecular formula is C19H20N4O2S. The third-order valence-corrected chi connectivity index (χ3v) is 4.47. The molecule has 0 bridgehead atoms. The molecule has 1 aromatic carbocycles. The fourth-order valence-corrected chi connectivity index (χ4v) is 3.16. The fraction of sp³-hybridized carbons (Fsp3) is 0.263. The summed E-state index contributed by atoms with van der Waals surface area (Å²) >= 11 is 1.33. The normalized spacial score (nSPS) is 10.9. The molecule has 3 aromatic rings. The van der Waals surface area contributed by atoms with Gasteiger partial charge in [0, 0.05) is 18.0 Å². The summed E-state index contributed by atoms with van der Waals surface area (Å²) < 4.78 is 7.21. The zero-order chi connectivity index (χ0) is 18.4. The molecule has 3 rings (SSSR count). The second-order valence-corrected chi connectivity index (χ2v) is 6.88. The van der Waals surface area contributed by atoms with Gasteiger partial charge in [-0.15, -0.1) is 10.2 Å². The standard InChI is InChI=1S/C19H20N4O2S/c1-14(2)25-17(24)13-26-19-22-21-18(16-8-10-20-11-9-16)23(19)12-15-6-4-3-5-7-15/h3-11,14H,12-13H2,1-2H3. The summed E-state index contributed by atoms with van der Waals surface area (Å²) in [4.78, 5) is 15.9. The quantitative estimate of drug-likeness (QED) is 0.470. The van der Waals surface area contributed by atoms with Gasteiger partial charge in [0.05, 0.1) is 18.4 Å². The Kier molecular flexibility index (Phi) is 6.01. The Morgan fingerprint density at radius 1 is 1.12 bits per heavy atom. The minimum Gasteiger partial charge on any atom is -0.462 e. The van der Waals surface area contributed by atoms with E-state index in [1.165, 1.54) is 11.8 Å². The number of thioether (sulfide) groups is 1. The lowest BCUT2D eigenvalue weighted by molar-refractivity contribution is -0.144. The molecule has 0 spiro atoms. The minimum atomic E-state index is -0.260. The van der Waals surface area contributed by atoms with Gasteiger partial charge in [-0.05, 0) is 31.5 Å². The van der Waals surface area contributed by atoms with Crippen LogP contribution in [0.5, 0.6) is 0 Å². The van der Waals surface area contributed by atoms with Crippen molar-refractivity contribution in [2.75, 3.05) is 5.75 Å². The molecule has 0 atom stereocenters. The number of hydrogen-bond acceptors (Lipinski definition) is 6. The first-order valence-corrected chi connectivity index (χ1v) is 9.32. The number of carbonyl (C=O) groups is 1. The number of pyridine rings is 1. The Labute approximate surface area is 156 Å². The monoisotopic (exact) mass is 368 g/mol. The van der Waals surface area contributed by atoms with Gasteiger partial charge in [-0.1, -0.05) is 42.1 Å². The average Bonchev–Trinajstić information content (AvgIpc) is 3.03. The molecule has 0 saturated heterocycles. The molecule has 26 heavy (non-hydrogen) atoms. The summed E-state index contributed by atoms with van der Waals surface area (Å²) in [5.74, 6) is 0.683. The second-order valence-electron chi connectivity index (χ2n) is 5.94. The molecule has 0 fully saturated rings. The summed E-state index contributed by atoms with van der Waals surface area (Å²) in [7, 11) is 0. The molecule has 0 aliphatic rings. The summed E-state index contributed by atoms with van der Waals surface area (Å²) in [5.41, 5.74) is 2.06. The summed E-state index contributed by atoms with van der Waals surface area (Å²) in [6.07, 6.45) is 3.32. The zero-order valence-corrected chi connectivity index (χ0v) is 15.5. The van der Waals surface area contributed by atoms with Crippen molar-refractivity contribution in [2.24, 2.45) is 0 Å². The zero-order valence-electron chi connectivity index (χ0n) is 14.7. The first-order chi connectivity index (χ1) is 12.6. The van der Waals surface area contributed by atoms with E-state index in [1.807, 2.05) is 48.7 Å². The number of benzene rings is 1. The van der Waals surface area contributed by atoms with E-state index in [4.69, 9.17) is 4.74 Å². The van der Waals surface area contributed by atoms with Crippen LogP contribution >= 0.6 is 11.8 Å². The highest BCUT2D eigenvalue weighted by molar-refractivity contribution is 7.99. The van der Waals surface area contributed by atoms with Gasteiger partial charge >= 0.3 is 5.97 Å². The van der Waals surface area contributed by atoms with Crippen LogP contribution < -0.4 is 0 Å². The smallest absolute Gasteiger partial charge is 0.316 e. The lowest BCUT2D eigenvalue weighted by Crippen LogP contribution is -2.14. The Morgan fingerprint density at radius 2 is 1.85 bits per heavy atom. The number of carbonyl (C=O) groups excluding carboxylic acids is 1. The molecular weight excluding hydrogens is 348 g/mol. The van der Waals surface area contributed by atoms with Crippen molar-refractivity contribution < 1.29 is 9.53 Å². The Morgan fingerprint density at radius 3 is 2.54 bits per heavy atom. The average molecular weight is 368 g/mol. The molecule has 0 unspecified atom stereocenters. The lowest BCUT2D eigenvalue weighted by atomic mass is 10.2. The predicted octanol–water partition coefficient (Wildman–Crippen LogP) is 3.43. The van der Waals surface area contributed by atoms with Crippen LogP contribution in [-0.4, -0.2) is 37.6 Å². The number of esters is 1. The summed E-state index contributed by atoms with van der Waals surface area (Å²) in [6.45, 7) is 4.29. The molecule has 0 aliphatic heterocycles. The van der Waals surface area contributed by atoms with Gasteiger partial charge in [-0.2, -0.15) is 0 Å². The molecule has 0 saturated carbocycles. The van der Waals surface area contributed by atoms with Crippen LogP contribution in [-0.2, 0) is 16.1 Å². The molecule has 0 N–H and O–H groups in total. The topological polar surface area (TPSA) is 69.9 Å². The fourth-order valence-electron chi connectivity index (χ4n) is 2.44. The maximum absolute atomic E-state index is 11.9. The Bertz CT molecular complexity index is 850. The van der Waals surface area contributed by atoms with Crippen LogP contribution in [0.4, 0.5) is 0 Å². The van der Waals surface area contributed by atoms with E-state index in [9.17, 15) is 4.79 Å². The molecule has 0 aliphatic carbocycles. The van der Waals surface area contributed by atoms with Gasteiger partial charge in [0.1, 0.15) is 0 Å². The molecule has 6 nitrogen and oxygen atoms in total. The number of nitrogens with zero attached hydrogens (tertiary/aromatic N) is 4. The van der Waals surface area contributed by atoms with Crippen LogP contribution in [0, 0.1) is 0 Å². The molecule has 2 heterocycles. The lowest BCUT2D eigenvalue weighted by Gasteiger charge is -2.11. The van der Waals surface area contributed by atoms with Gasteiger partial charge in [-0.25, -0.2) is 0 Å². The molecule has 0 amide bonds. The maximum Gasteiger partial charge on any atom is 0.316 e. The summed E-state index contributed by atoms with van der Waals surface area (Å²) in [6, 6.07) is 13.9. The molecule has 2 aromatic heterocycles. The van der Waals surface area contributed by atoms with Gasteiger partial charge in [-0.3, -0.25) is 14.3 Å². The van der Waals surface area contributed by atoms with Crippen molar-refractivity contribution in [3.8, 4) is 11.4 Å². The van der Waals surface area contributed by atoms with Gasteiger partial charge in [0.25, 0.3) is 0 Å². The minimum absolute atomic E-state index is 0.127. The van der Waals surface area contributed by atoms with E-state index < -0.39 is 0 Å². The van der Waals surface area contributed by atoms with Crippen LogP contribution in [0.1, 0.15) is 19.4 Å². The summed E-state index contributed by atoms with van der Waals surface area (Å²) in [5, 5.41) is 9.30. The van der Waals surface area contributed by atoms with E-state index in [0.717, 1.165) is 17.0 Å². The van der Waals surface area contributed by atoms with Gasteiger partial charge in [0.2, 0.25) is 0 Å². The van der Waals surface area contributed by atoms with E-state index in [2.05, 4.69) is 27.3 Å². The van der Waals surface area contributed by atoms with E-state index in [-0.39, 0.29) is 17.8 Å². The largest absolute Gasteiger partial charge is 0.462 e. The van der Waals surface area contributed by atoms with Crippen molar-refractivity contribution in [2.45, 2.75) is 31.7 Å². The Hall–Kier alpha value is -2.67. The van der Waals surface area contributed by atoms with E-state index in [1.54, 1.807) is 12.4 Å². The highest BCUT2D eigenvalue weighted by atomic mass is 32.2. The van der Waals surface area contributed by atoms with Crippen molar-refractivity contribution in [1.82, 2.24) is 19.7 Å². The maximum atomic E-state index is 11.9. The van der Waals surface area contributed by atoms with Crippen LogP contribution in [0.25, 0.3) is 11.4 Å². The van der Waals surface area contributed by atoms with Crippen molar-refractivity contribution >= 4 is 17.7 Å². The highest BCUT2D eigenvalue weighted by Crippen LogP contribution is 2.25. The van der Waals surface area contributed by atoms with Crippen LogP contribution in [0.3, 0.4) is 0 Å². The SMILES string of the molecule is CC(C)OC(=O)CSc1nnc(-c2ccncc2)n1Cc1ccccc1. The molecule has 0 radical (unpaired) electrons. The third kappa shape index (κ3) is 4.70. The van der Waals surface area contributed by atoms with E-state index >= 15 is 0 Å².